The smallest absolute Gasteiger partial charge is 0.315 e. The number of aromatic nitrogens is 1. The third kappa shape index (κ3) is 4.56. The fourth-order valence-corrected chi connectivity index (χ4v) is 1.77. The maximum Gasteiger partial charge on any atom is 0.315 e. The number of hydrogen-bond donors (Lipinski definition) is 3. The Morgan fingerprint density at radius 1 is 1.41 bits per heavy atom. The van der Waals surface area contributed by atoms with Gasteiger partial charge >= 0.3 is 6.03 Å². The Bertz CT molecular complexity index is 613. The number of hydrogen-bond acceptors (Lipinski definition) is 4. The predicted octanol–water partition coefficient (Wildman–Crippen LogP) is 1.70. The summed E-state index contributed by atoms with van der Waals surface area (Å²) in [6, 6.07) is 5.22. The molecular formula is C15H18FN3O3. The van der Waals surface area contributed by atoms with Crippen LogP contribution in [0.3, 0.4) is 0 Å². The summed E-state index contributed by atoms with van der Waals surface area (Å²) in [5, 5.41) is 14.1. The second-order valence-corrected chi connectivity index (χ2v) is 4.88. The molecular weight excluding hydrogens is 289 g/mol. The van der Waals surface area contributed by atoms with Crippen LogP contribution in [0.2, 0.25) is 0 Å². The monoisotopic (exact) mass is 307 g/mol. The lowest BCUT2D eigenvalue weighted by Crippen LogP contribution is -2.42. The van der Waals surface area contributed by atoms with Gasteiger partial charge in [0.1, 0.15) is 12.1 Å². The van der Waals surface area contributed by atoms with Gasteiger partial charge in [-0.1, -0.05) is 0 Å². The van der Waals surface area contributed by atoms with E-state index in [0.717, 1.165) is 0 Å². The number of nitrogens with one attached hydrogen (secondary N) is 2. The number of halogens is 1. The standard InChI is InChI=1S/C15H18FN3O3/c1-10(8-20)18-15(21)17-7-6-13-9-22-14(19-13)11-2-4-12(16)5-3-11/h2-5,9-10,20H,6-8H2,1H3,(H2,17,18,21)/t10-/m0/s1. The minimum atomic E-state index is -0.344. The van der Waals surface area contributed by atoms with Crippen LogP contribution in [0, 0.1) is 5.82 Å². The molecule has 2 rings (SSSR count). The molecule has 0 bridgehead atoms. The average Bonchev–Trinajstić information content (AvgIpc) is 2.96. The Kier molecular flexibility index (Phi) is 5.48. The number of carbonyl (C=O) groups is 1. The molecule has 1 atom stereocenters. The van der Waals surface area contributed by atoms with E-state index < -0.39 is 0 Å². The number of aliphatic hydroxyl groups is 1. The quantitative estimate of drug-likeness (QED) is 0.758. The number of aliphatic hydroxyl groups excluding tert-OH is 1. The zero-order chi connectivity index (χ0) is 15.9. The van der Waals surface area contributed by atoms with E-state index in [4.69, 9.17) is 9.52 Å². The van der Waals surface area contributed by atoms with Crippen molar-refractivity contribution in [2.24, 2.45) is 0 Å². The largest absolute Gasteiger partial charge is 0.444 e. The van der Waals surface area contributed by atoms with Gasteiger partial charge in [0.2, 0.25) is 5.89 Å². The Morgan fingerprint density at radius 2 is 2.14 bits per heavy atom. The predicted molar refractivity (Wildman–Crippen MR) is 78.7 cm³/mol. The molecule has 2 aromatic rings. The molecule has 0 aliphatic rings. The number of amides is 2. The number of benzene rings is 1. The highest BCUT2D eigenvalue weighted by atomic mass is 19.1. The van der Waals surface area contributed by atoms with Gasteiger partial charge in [-0.25, -0.2) is 14.2 Å². The molecule has 6 nitrogen and oxygen atoms in total. The topological polar surface area (TPSA) is 87.4 Å². The summed E-state index contributed by atoms with van der Waals surface area (Å²) in [7, 11) is 0. The van der Waals surface area contributed by atoms with E-state index in [9.17, 15) is 9.18 Å². The molecule has 1 aromatic carbocycles. The van der Waals surface area contributed by atoms with Crippen LogP contribution >= 0.6 is 0 Å². The van der Waals surface area contributed by atoms with Gasteiger partial charge in [-0.3, -0.25) is 0 Å². The number of oxazole rings is 1. The second-order valence-electron chi connectivity index (χ2n) is 4.88. The summed E-state index contributed by atoms with van der Waals surface area (Å²) < 4.78 is 18.2. The molecule has 0 radical (unpaired) electrons. The van der Waals surface area contributed by atoms with E-state index in [1.807, 2.05) is 0 Å². The lowest BCUT2D eigenvalue weighted by Gasteiger charge is -2.11. The summed E-state index contributed by atoms with van der Waals surface area (Å²) in [6.07, 6.45) is 2.01. The zero-order valence-electron chi connectivity index (χ0n) is 12.2. The number of urea groups is 1. The molecule has 7 heteroatoms. The Labute approximate surface area is 127 Å². The lowest BCUT2D eigenvalue weighted by molar-refractivity contribution is 0.220. The Hall–Kier alpha value is -2.41. The minimum absolute atomic E-state index is 0.113. The highest BCUT2D eigenvalue weighted by Gasteiger charge is 2.08. The molecule has 1 aromatic heterocycles. The molecule has 0 unspecified atom stereocenters. The van der Waals surface area contributed by atoms with Gasteiger partial charge < -0.3 is 20.2 Å². The van der Waals surface area contributed by atoms with Gasteiger partial charge in [-0.05, 0) is 31.2 Å². The van der Waals surface area contributed by atoms with Crippen LogP contribution in [0.4, 0.5) is 9.18 Å². The van der Waals surface area contributed by atoms with Gasteiger partial charge in [-0.15, -0.1) is 0 Å². The highest BCUT2D eigenvalue weighted by molar-refractivity contribution is 5.74. The Balaban J connectivity index is 1.82. The van der Waals surface area contributed by atoms with Crippen LogP contribution < -0.4 is 10.6 Å². The van der Waals surface area contributed by atoms with E-state index in [1.54, 1.807) is 19.1 Å². The van der Waals surface area contributed by atoms with E-state index in [2.05, 4.69) is 15.6 Å². The molecule has 0 fully saturated rings. The van der Waals surface area contributed by atoms with Crippen molar-refractivity contribution < 1.29 is 18.7 Å². The third-order valence-corrected chi connectivity index (χ3v) is 2.96. The van der Waals surface area contributed by atoms with Crippen LogP contribution in [0.25, 0.3) is 11.5 Å². The third-order valence-electron chi connectivity index (χ3n) is 2.96. The highest BCUT2D eigenvalue weighted by Crippen LogP contribution is 2.18. The first kappa shape index (κ1) is 16.0. The van der Waals surface area contributed by atoms with Crippen LogP contribution in [0.5, 0.6) is 0 Å². The van der Waals surface area contributed by atoms with Crippen molar-refractivity contribution in [3.05, 3.63) is 42.0 Å². The van der Waals surface area contributed by atoms with Crippen molar-refractivity contribution in [3.8, 4) is 11.5 Å². The van der Waals surface area contributed by atoms with E-state index in [1.165, 1.54) is 18.4 Å². The van der Waals surface area contributed by atoms with Crippen molar-refractivity contribution >= 4 is 6.03 Å². The minimum Gasteiger partial charge on any atom is -0.444 e. The molecule has 118 valence electrons. The molecule has 0 spiro atoms. The Morgan fingerprint density at radius 3 is 2.82 bits per heavy atom. The van der Waals surface area contributed by atoms with Gasteiger partial charge in [0, 0.05) is 18.5 Å². The maximum absolute atomic E-state index is 12.9. The van der Waals surface area contributed by atoms with Crippen LogP contribution in [-0.4, -0.2) is 35.3 Å². The summed E-state index contributed by atoms with van der Waals surface area (Å²) >= 11 is 0. The van der Waals surface area contributed by atoms with E-state index in [-0.39, 0.29) is 24.5 Å². The van der Waals surface area contributed by atoms with Gasteiger partial charge in [-0.2, -0.15) is 0 Å². The SMILES string of the molecule is C[C@@H](CO)NC(=O)NCCc1coc(-c2ccc(F)cc2)n1. The zero-order valence-corrected chi connectivity index (χ0v) is 12.2. The number of nitrogens with zero attached hydrogens (tertiary/aromatic N) is 1. The number of carbonyl (C=O) groups excluding carboxylic acids is 1. The lowest BCUT2D eigenvalue weighted by atomic mass is 10.2. The maximum atomic E-state index is 12.9. The molecule has 1 heterocycles. The van der Waals surface area contributed by atoms with E-state index in [0.29, 0.717) is 30.1 Å². The van der Waals surface area contributed by atoms with Gasteiger partial charge in [0.25, 0.3) is 0 Å². The molecule has 0 saturated carbocycles. The summed E-state index contributed by atoms with van der Waals surface area (Å²) in [6.45, 7) is 1.98. The first-order valence-corrected chi connectivity index (χ1v) is 6.94. The van der Waals surface area contributed by atoms with Crippen molar-refractivity contribution in [3.63, 3.8) is 0 Å². The van der Waals surface area contributed by atoms with E-state index >= 15 is 0 Å². The first-order valence-electron chi connectivity index (χ1n) is 6.94. The molecule has 0 saturated heterocycles. The molecule has 3 N–H and O–H groups in total. The summed E-state index contributed by atoms with van der Waals surface area (Å²) in [5.41, 5.74) is 1.38. The van der Waals surface area contributed by atoms with Crippen molar-refractivity contribution in [1.29, 1.82) is 0 Å². The van der Waals surface area contributed by atoms with Gasteiger partial charge in [0.15, 0.2) is 0 Å². The average molecular weight is 307 g/mol. The summed E-state index contributed by atoms with van der Waals surface area (Å²) in [4.78, 5) is 15.7. The molecule has 22 heavy (non-hydrogen) atoms. The second kappa shape index (κ2) is 7.56. The van der Waals surface area contributed by atoms with Crippen molar-refractivity contribution in [1.82, 2.24) is 15.6 Å². The van der Waals surface area contributed by atoms with Crippen LogP contribution in [0.15, 0.2) is 34.9 Å². The normalized spacial score (nSPS) is 12.0. The van der Waals surface area contributed by atoms with Crippen LogP contribution in [-0.2, 0) is 6.42 Å². The molecule has 2 amide bonds. The van der Waals surface area contributed by atoms with Crippen LogP contribution in [0.1, 0.15) is 12.6 Å². The fraction of sp³-hybridized carbons (Fsp3) is 0.333. The van der Waals surface area contributed by atoms with Crippen molar-refractivity contribution in [2.75, 3.05) is 13.2 Å². The van der Waals surface area contributed by atoms with Crippen molar-refractivity contribution in [2.45, 2.75) is 19.4 Å². The molecule has 0 aliphatic heterocycles. The van der Waals surface area contributed by atoms with Gasteiger partial charge in [0.05, 0.1) is 18.3 Å². The first-order chi connectivity index (χ1) is 10.6. The molecule has 0 aliphatic carbocycles. The fourth-order valence-electron chi connectivity index (χ4n) is 1.77. The number of rotatable bonds is 6. The summed E-state index contributed by atoms with van der Waals surface area (Å²) in [5.74, 6) is 0.0937.